The van der Waals surface area contributed by atoms with Crippen LogP contribution in [0.4, 0.5) is 0 Å². The molecule has 0 aromatic rings. The first kappa shape index (κ1) is 13.5. The molecule has 4 heteroatoms. The molecular formula is C12H24N2O2. The standard InChI is InChI=1S/C12H24N2O2/c1-12(2,6-8-16-3)14-11(15)10-5-4-7-13-9-10/h10,13H,4-9H2,1-3H3,(H,14,15). The van der Waals surface area contributed by atoms with Crippen LogP contribution < -0.4 is 10.6 Å². The maximum atomic E-state index is 12.0. The molecule has 2 N–H and O–H groups in total. The number of methoxy groups -OCH3 is 1. The molecule has 0 bridgehead atoms. The Morgan fingerprint density at radius 2 is 2.31 bits per heavy atom. The van der Waals surface area contributed by atoms with Gasteiger partial charge in [0.2, 0.25) is 5.91 Å². The molecule has 0 aromatic heterocycles. The van der Waals surface area contributed by atoms with Crippen molar-refractivity contribution in [2.24, 2.45) is 5.92 Å². The van der Waals surface area contributed by atoms with Gasteiger partial charge in [-0.15, -0.1) is 0 Å². The van der Waals surface area contributed by atoms with E-state index in [9.17, 15) is 4.79 Å². The summed E-state index contributed by atoms with van der Waals surface area (Å²) in [5, 5.41) is 6.36. The molecule has 1 fully saturated rings. The number of amides is 1. The number of carbonyl (C=O) groups excluding carboxylic acids is 1. The minimum absolute atomic E-state index is 0.135. The lowest BCUT2D eigenvalue weighted by atomic mass is 9.95. The Kier molecular flexibility index (Phi) is 5.22. The van der Waals surface area contributed by atoms with Gasteiger partial charge in [-0.3, -0.25) is 4.79 Å². The van der Waals surface area contributed by atoms with Gasteiger partial charge in [0.25, 0.3) is 0 Å². The molecule has 1 unspecified atom stereocenters. The Bertz CT molecular complexity index is 223. The van der Waals surface area contributed by atoms with E-state index in [2.05, 4.69) is 10.6 Å². The first-order valence-corrected chi connectivity index (χ1v) is 6.07. The van der Waals surface area contributed by atoms with Crippen molar-refractivity contribution in [3.05, 3.63) is 0 Å². The molecular weight excluding hydrogens is 204 g/mol. The second-order valence-corrected chi connectivity index (χ2v) is 5.16. The molecule has 1 heterocycles. The van der Waals surface area contributed by atoms with Gasteiger partial charge in [0, 0.05) is 25.8 Å². The zero-order chi connectivity index (χ0) is 12.0. The molecule has 0 radical (unpaired) electrons. The fraction of sp³-hybridized carbons (Fsp3) is 0.917. The van der Waals surface area contributed by atoms with Crippen molar-refractivity contribution in [3.8, 4) is 0 Å². The summed E-state index contributed by atoms with van der Waals surface area (Å²) in [5.41, 5.74) is -0.176. The highest BCUT2D eigenvalue weighted by atomic mass is 16.5. The Morgan fingerprint density at radius 1 is 1.56 bits per heavy atom. The van der Waals surface area contributed by atoms with Gasteiger partial charge >= 0.3 is 0 Å². The largest absolute Gasteiger partial charge is 0.385 e. The van der Waals surface area contributed by atoms with Crippen molar-refractivity contribution in [3.63, 3.8) is 0 Å². The summed E-state index contributed by atoms with van der Waals surface area (Å²) >= 11 is 0. The Balaban J connectivity index is 2.36. The molecule has 1 amide bonds. The van der Waals surface area contributed by atoms with E-state index < -0.39 is 0 Å². The number of hydrogen-bond acceptors (Lipinski definition) is 3. The number of rotatable bonds is 5. The highest BCUT2D eigenvalue weighted by molar-refractivity contribution is 5.79. The quantitative estimate of drug-likeness (QED) is 0.735. The van der Waals surface area contributed by atoms with Crippen LogP contribution in [0.25, 0.3) is 0 Å². The smallest absolute Gasteiger partial charge is 0.224 e. The zero-order valence-electron chi connectivity index (χ0n) is 10.6. The van der Waals surface area contributed by atoms with Crippen molar-refractivity contribution in [2.75, 3.05) is 26.8 Å². The molecule has 4 nitrogen and oxygen atoms in total. The average molecular weight is 228 g/mol. The maximum Gasteiger partial charge on any atom is 0.224 e. The Labute approximate surface area is 98.1 Å². The molecule has 1 saturated heterocycles. The summed E-state index contributed by atoms with van der Waals surface area (Å²) in [4.78, 5) is 12.0. The van der Waals surface area contributed by atoms with E-state index in [4.69, 9.17) is 4.74 Å². The molecule has 0 saturated carbocycles. The van der Waals surface area contributed by atoms with Crippen LogP contribution in [-0.2, 0) is 9.53 Å². The number of ether oxygens (including phenoxy) is 1. The van der Waals surface area contributed by atoms with Gasteiger partial charge in [-0.25, -0.2) is 0 Å². The van der Waals surface area contributed by atoms with Crippen molar-refractivity contribution in [1.82, 2.24) is 10.6 Å². The third-order valence-electron chi connectivity index (χ3n) is 3.06. The van der Waals surface area contributed by atoms with Gasteiger partial charge in [0.15, 0.2) is 0 Å². The summed E-state index contributed by atoms with van der Waals surface area (Å²) in [6, 6.07) is 0. The van der Waals surface area contributed by atoms with Crippen LogP contribution in [0, 0.1) is 5.92 Å². The summed E-state index contributed by atoms with van der Waals surface area (Å²) < 4.78 is 5.04. The van der Waals surface area contributed by atoms with Crippen LogP contribution in [0.5, 0.6) is 0 Å². The van der Waals surface area contributed by atoms with Crippen LogP contribution in [0.2, 0.25) is 0 Å². The van der Waals surface area contributed by atoms with Crippen LogP contribution in [0.3, 0.4) is 0 Å². The molecule has 0 aliphatic carbocycles. The highest BCUT2D eigenvalue weighted by Gasteiger charge is 2.26. The van der Waals surface area contributed by atoms with Crippen molar-refractivity contribution in [2.45, 2.75) is 38.6 Å². The third-order valence-corrected chi connectivity index (χ3v) is 3.06. The van der Waals surface area contributed by atoms with Gasteiger partial charge in [0.1, 0.15) is 0 Å². The number of nitrogens with one attached hydrogen (secondary N) is 2. The minimum atomic E-state index is -0.176. The Morgan fingerprint density at radius 3 is 2.88 bits per heavy atom. The average Bonchev–Trinajstić information content (AvgIpc) is 2.27. The summed E-state index contributed by atoms with van der Waals surface area (Å²) in [7, 11) is 1.68. The van der Waals surface area contributed by atoms with Crippen molar-refractivity contribution < 1.29 is 9.53 Å². The van der Waals surface area contributed by atoms with Crippen LogP contribution in [0.1, 0.15) is 33.1 Å². The molecule has 16 heavy (non-hydrogen) atoms. The molecule has 1 aliphatic heterocycles. The molecule has 94 valence electrons. The van der Waals surface area contributed by atoms with E-state index in [-0.39, 0.29) is 17.4 Å². The first-order chi connectivity index (χ1) is 7.55. The van der Waals surface area contributed by atoms with Gasteiger partial charge in [0.05, 0.1) is 5.92 Å². The maximum absolute atomic E-state index is 12.0. The topological polar surface area (TPSA) is 50.4 Å². The second-order valence-electron chi connectivity index (χ2n) is 5.16. The van der Waals surface area contributed by atoms with E-state index in [0.29, 0.717) is 6.61 Å². The fourth-order valence-corrected chi connectivity index (χ4v) is 1.93. The SMILES string of the molecule is COCCC(C)(C)NC(=O)C1CCCNC1. The van der Waals surface area contributed by atoms with Gasteiger partial charge in [-0.2, -0.15) is 0 Å². The highest BCUT2D eigenvalue weighted by Crippen LogP contribution is 2.14. The van der Waals surface area contributed by atoms with Gasteiger partial charge in [-0.05, 0) is 39.7 Å². The monoisotopic (exact) mass is 228 g/mol. The van der Waals surface area contributed by atoms with Gasteiger partial charge in [-0.1, -0.05) is 0 Å². The fourth-order valence-electron chi connectivity index (χ4n) is 1.93. The minimum Gasteiger partial charge on any atom is -0.385 e. The lowest BCUT2D eigenvalue weighted by molar-refractivity contribution is -0.127. The van der Waals surface area contributed by atoms with Crippen LogP contribution >= 0.6 is 0 Å². The third kappa shape index (κ3) is 4.49. The van der Waals surface area contributed by atoms with E-state index in [0.717, 1.165) is 32.4 Å². The molecule has 0 spiro atoms. The van der Waals surface area contributed by atoms with Crippen molar-refractivity contribution in [1.29, 1.82) is 0 Å². The van der Waals surface area contributed by atoms with E-state index in [1.54, 1.807) is 7.11 Å². The second kappa shape index (κ2) is 6.21. The number of hydrogen-bond donors (Lipinski definition) is 2. The van der Waals surface area contributed by atoms with Gasteiger partial charge < -0.3 is 15.4 Å². The van der Waals surface area contributed by atoms with Crippen LogP contribution in [-0.4, -0.2) is 38.3 Å². The number of piperidine rings is 1. The normalized spacial score (nSPS) is 21.8. The van der Waals surface area contributed by atoms with Crippen LogP contribution in [0.15, 0.2) is 0 Å². The molecule has 1 atom stereocenters. The summed E-state index contributed by atoms with van der Waals surface area (Å²) in [6.07, 6.45) is 2.94. The van der Waals surface area contributed by atoms with E-state index >= 15 is 0 Å². The molecule has 1 rings (SSSR count). The molecule has 1 aliphatic rings. The lowest BCUT2D eigenvalue weighted by Gasteiger charge is -2.30. The van der Waals surface area contributed by atoms with E-state index in [1.165, 1.54) is 0 Å². The predicted octanol–water partition coefficient (Wildman–Crippen LogP) is 0.917. The lowest BCUT2D eigenvalue weighted by Crippen LogP contribution is -2.49. The summed E-state index contributed by atoms with van der Waals surface area (Å²) in [6.45, 7) is 6.61. The predicted molar refractivity (Wildman–Crippen MR) is 64.3 cm³/mol. The number of carbonyl (C=O) groups is 1. The van der Waals surface area contributed by atoms with E-state index in [1.807, 2.05) is 13.8 Å². The first-order valence-electron chi connectivity index (χ1n) is 6.07. The van der Waals surface area contributed by atoms with Crippen molar-refractivity contribution >= 4 is 5.91 Å². The zero-order valence-corrected chi connectivity index (χ0v) is 10.6. The Hall–Kier alpha value is -0.610. The molecule has 0 aromatic carbocycles. The summed E-state index contributed by atoms with van der Waals surface area (Å²) in [5.74, 6) is 0.309.